The van der Waals surface area contributed by atoms with Crippen molar-refractivity contribution in [1.82, 2.24) is 9.97 Å². The molecule has 0 aliphatic carbocycles. The van der Waals surface area contributed by atoms with E-state index >= 15 is 0 Å². The van der Waals surface area contributed by atoms with Gasteiger partial charge in [0.1, 0.15) is 0 Å². The van der Waals surface area contributed by atoms with E-state index in [1.807, 2.05) is 4.90 Å². The molecule has 0 spiro atoms. The standard InChI is InChI=1S/C14H17FN3OP/c15-12-4-1-2-5-13(12)20(19)10-8-18(9-11-20)14-16-6-3-7-17-14/h1-7,19-20H,8-11H2. The topological polar surface area (TPSA) is 49.2 Å². The van der Waals surface area contributed by atoms with Crippen molar-refractivity contribution < 1.29 is 9.28 Å². The fourth-order valence-corrected chi connectivity index (χ4v) is 5.64. The molecule has 2 aromatic rings. The summed E-state index contributed by atoms with van der Waals surface area (Å²) in [6.45, 7) is 1.34. The summed E-state index contributed by atoms with van der Waals surface area (Å²) in [6, 6.07) is 8.36. The first kappa shape index (κ1) is 13.4. The average molecular weight is 293 g/mol. The number of halogens is 1. The number of nitrogens with zero attached hydrogens (tertiary/aromatic N) is 3. The second-order valence-electron chi connectivity index (χ2n) is 5.05. The van der Waals surface area contributed by atoms with Gasteiger partial charge < -0.3 is 0 Å². The molecular formula is C14H17FN3OP. The Morgan fingerprint density at radius 2 is 1.70 bits per heavy atom. The van der Waals surface area contributed by atoms with Crippen molar-refractivity contribution in [3.05, 3.63) is 48.5 Å². The van der Waals surface area contributed by atoms with E-state index in [0.29, 0.717) is 36.7 Å². The first-order valence-corrected chi connectivity index (χ1v) is 9.04. The van der Waals surface area contributed by atoms with E-state index < -0.39 is 7.49 Å². The summed E-state index contributed by atoms with van der Waals surface area (Å²) in [4.78, 5) is 21.3. The molecule has 2 heterocycles. The predicted molar refractivity (Wildman–Crippen MR) is 80.5 cm³/mol. The van der Waals surface area contributed by atoms with E-state index in [-0.39, 0.29) is 5.82 Å². The minimum absolute atomic E-state index is 0.286. The molecule has 1 saturated heterocycles. The first-order chi connectivity index (χ1) is 9.69. The Morgan fingerprint density at radius 1 is 1.05 bits per heavy atom. The number of hydrogen-bond donors (Lipinski definition) is 1. The molecule has 0 saturated carbocycles. The normalized spacial score (nSPS) is 19.6. The molecule has 1 N–H and O–H groups in total. The van der Waals surface area contributed by atoms with Crippen molar-refractivity contribution in [2.75, 3.05) is 30.3 Å². The van der Waals surface area contributed by atoms with Crippen LogP contribution in [0.25, 0.3) is 0 Å². The third-order valence-electron chi connectivity index (χ3n) is 3.80. The van der Waals surface area contributed by atoms with Gasteiger partial charge in [0.15, 0.2) is 0 Å². The zero-order chi connectivity index (χ0) is 14.0. The van der Waals surface area contributed by atoms with Gasteiger partial charge in [-0.1, -0.05) is 0 Å². The van der Waals surface area contributed by atoms with E-state index in [0.717, 1.165) is 0 Å². The number of hydrogen-bond acceptors (Lipinski definition) is 4. The molecule has 0 radical (unpaired) electrons. The SMILES string of the molecule is O[PH]1(c2ccccc2F)CCN(c2ncccn2)CC1. The molecule has 1 aliphatic heterocycles. The number of aromatic nitrogens is 2. The zero-order valence-corrected chi connectivity index (χ0v) is 12.0. The van der Waals surface area contributed by atoms with Gasteiger partial charge in [-0.25, -0.2) is 0 Å². The predicted octanol–water partition coefficient (Wildman–Crippen LogP) is 1.42. The molecule has 1 fully saturated rings. The third kappa shape index (κ3) is 2.51. The van der Waals surface area contributed by atoms with Crippen LogP contribution in [0.5, 0.6) is 0 Å². The van der Waals surface area contributed by atoms with E-state index in [4.69, 9.17) is 0 Å². The zero-order valence-electron chi connectivity index (χ0n) is 11.0. The van der Waals surface area contributed by atoms with E-state index in [9.17, 15) is 9.28 Å². The maximum absolute atomic E-state index is 13.9. The van der Waals surface area contributed by atoms with Crippen LogP contribution in [0.2, 0.25) is 0 Å². The van der Waals surface area contributed by atoms with Crippen LogP contribution < -0.4 is 10.2 Å². The number of anilines is 1. The van der Waals surface area contributed by atoms with E-state index in [1.54, 1.807) is 36.7 Å². The summed E-state index contributed by atoms with van der Waals surface area (Å²) in [5, 5.41) is 0.522. The summed E-state index contributed by atoms with van der Waals surface area (Å²) in [5.74, 6) is 0.392. The van der Waals surface area contributed by atoms with Gasteiger partial charge in [0, 0.05) is 0 Å². The Labute approximate surface area is 117 Å². The molecule has 0 unspecified atom stereocenters. The first-order valence-electron chi connectivity index (χ1n) is 6.68. The van der Waals surface area contributed by atoms with Gasteiger partial charge in [0.05, 0.1) is 0 Å². The monoisotopic (exact) mass is 293 g/mol. The molecule has 1 aliphatic rings. The van der Waals surface area contributed by atoms with Crippen molar-refractivity contribution in [3.63, 3.8) is 0 Å². The van der Waals surface area contributed by atoms with Crippen LogP contribution in [-0.4, -0.2) is 40.3 Å². The number of benzene rings is 1. The summed E-state index contributed by atoms with van der Waals surface area (Å²) in [5.41, 5.74) is 0. The van der Waals surface area contributed by atoms with Gasteiger partial charge >= 0.3 is 117 Å². The molecule has 20 heavy (non-hydrogen) atoms. The Hall–Kier alpha value is -1.58. The van der Waals surface area contributed by atoms with Gasteiger partial charge in [-0.05, 0) is 0 Å². The molecular weight excluding hydrogens is 276 g/mol. The maximum atomic E-state index is 13.9. The van der Waals surface area contributed by atoms with Crippen molar-refractivity contribution in [2.45, 2.75) is 0 Å². The average Bonchev–Trinajstić information content (AvgIpc) is 2.49. The molecule has 0 atom stereocenters. The molecule has 3 rings (SSSR count). The van der Waals surface area contributed by atoms with Gasteiger partial charge in [0.25, 0.3) is 0 Å². The Kier molecular flexibility index (Phi) is 3.64. The molecule has 106 valence electrons. The molecule has 4 nitrogen and oxygen atoms in total. The van der Waals surface area contributed by atoms with Crippen LogP contribution in [0.4, 0.5) is 10.3 Å². The molecule has 0 amide bonds. The van der Waals surface area contributed by atoms with Crippen LogP contribution in [0.15, 0.2) is 42.7 Å². The quantitative estimate of drug-likeness (QED) is 0.851. The Morgan fingerprint density at radius 3 is 2.35 bits per heavy atom. The van der Waals surface area contributed by atoms with Crippen molar-refractivity contribution in [2.24, 2.45) is 0 Å². The van der Waals surface area contributed by atoms with Gasteiger partial charge in [0.2, 0.25) is 0 Å². The minimum atomic E-state index is -2.70. The van der Waals surface area contributed by atoms with Crippen molar-refractivity contribution in [1.29, 1.82) is 0 Å². The summed E-state index contributed by atoms with van der Waals surface area (Å²) in [6.07, 6.45) is 4.62. The Bertz CT molecular complexity index is 588. The van der Waals surface area contributed by atoms with Crippen molar-refractivity contribution >= 4 is 18.7 Å². The summed E-state index contributed by atoms with van der Waals surface area (Å²) in [7, 11) is -2.70. The van der Waals surface area contributed by atoms with E-state index in [1.165, 1.54) is 6.07 Å². The van der Waals surface area contributed by atoms with Crippen molar-refractivity contribution in [3.8, 4) is 0 Å². The third-order valence-corrected chi connectivity index (χ3v) is 7.31. The second kappa shape index (κ2) is 5.43. The van der Waals surface area contributed by atoms with Crippen LogP contribution in [0, 0.1) is 5.82 Å². The van der Waals surface area contributed by atoms with Gasteiger partial charge in [-0.3, -0.25) is 0 Å². The van der Waals surface area contributed by atoms with Crippen LogP contribution in [0.3, 0.4) is 0 Å². The number of rotatable bonds is 2. The van der Waals surface area contributed by atoms with Gasteiger partial charge in [-0.2, -0.15) is 0 Å². The summed E-state index contributed by atoms with van der Waals surface area (Å²) >= 11 is 0. The fraction of sp³-hybridized carbons (Fsp3) is 0.286. The Balaban J connectivity index is 1.77. The van der Waals surface area contributed by atoms with Gasteiger partial charge in [-0.15, -0.1) is 0 Å². The van der Waals surface area contributed by atoms with Crippen LogP contribution >= 0.6 is 7.49 Å². The van der Waals surface area contributed by atoms with Crippen LogP contribution in [-0.2, 0) is 0 Å². The van der Waals surface area contributed by atoms with E-state index in [2.05, 4.69) is 9.97 Å². The second-order valence-corrected chi connectivity index (χ2v) is 8.65. The summed E-state index contributed by atoms with van der Waals surface area (Å²) < 4.78 is 13.9. The van der Waals surface area contributed by atoms with Crippen LogP contribution in [0.1, 0.15) is 0 Å². The fourth-order valence-electron chi connectivity index (χ4n) is 2.64. The molecule has 0 bridgehead atoms. The molecule has 1 aromatic carbocycles. The molecule has 6 heteroatoms. The molecule has 1 aromatic heterocycles.